The number of aliphatic hydroxyl groups excluding tert-OH is 1. The van der Waals surface area contributed by atoms with Gasteiger partial charge in [0.2, 0.25) is 0 Å². The number of halogens is 1. The van der Waals surface area contributed by atoms with E-state index < -0.39 is 0 Å². The number of ketones is 1. The Labute approximate surface area is 661 Å². The molecule has 0 fully saturated rings. The molecule has 15 aromatic rings. The minimum Gasteiger partial charge on any atom is -0.254 e. The predicted octanol–water partition coefficient (Wildman–Crippen LogP) is 22.7. The van der Waals surface area contributed by atoms with Gasteiger partial charge in [-0.15, -0.1) is 47.2 Å². The van der Waals surface area contributed by atoms with Crippen LogP contribution in [0.5, 0.6) is 0 Å². The van der Waals surface area contributed by atoms with E-state index in [1.807, 2.05) is 66.2 Å². The molecule has 1 N–H and O–H groups in total. The summed E-state index contributed by atoms with van der Waals surface area (Å²) in [5.41, 5.74) is 23.4. The summed E-state index contributed by atoms with van der Waals surface area (Å²) >= 11 is 1.88. The van der Waals surface area contributed by atoms with Gasteiger partial charge in [-0.05, 0) is 141 Å². The third kappa shape index (κ3) is 17.3. The van der Waals surface area contributed by atoms with Crippen molar-refractivity contribution in [3.8, 4) is 66.9 Å². The topological polar surface area (TPSA) is 92.1 Å². The van der Waals surface area contributed by atoms with Gasteiger partial charge in [-0.1, -0.05) is 235 Å². The molecule has 0 saturated heterocycles. The van der Waals surface area contributed by atoms with Crippen molar-refractivity contribution in [2.75, 3.05) is 4.90 Å². The first-order valence-corrected chi connectivity index (χ1v) is 33.4. The number of nitrogens with zero attached hydrogens (tertiary/aromatic N) is 5. The van der Waals surface area contributed by atoms with Crippen LogP contribution in [-0.2, 0) is 35.7 Å². The van der Waals surface area contributed by atoms with Crippen molar-refractivity contribution in [1.82, 2.24) is 19.9 Å². The number of benzene rings is 11. The molecule has 0 spiro atoms. The summed E-state index contributed by atoms with van der Waals surface area (Å²) in [5.74, 6) is -0.0625. The van der Waals surface area contributed by atoms with Crippen LogP contribution in [-0.4, -0.2) is 65.2 Å². The van der Waals surface area contributed by atoms with Crippen LogP contribution < -0.4 is 4.90 Å². The van der Waals surface area contributed by atoms with Crippen LogP contribution in [0.3, 0.4) is 0 Å². The molecule has 0 unspecified atom stereocenters. The second-order valence-corrected chi connectivity index (χ2v) is 26.5. The molecule has 0 amide bonds. The Morgan fingerprint density at radius 2 is 0.980 bits per heavy atom. The van der Waals surface area contributed by atoms with E-state index in [1.54, 1.807) is 6.33 Å². The number of hydrogen-bond acceptors (Lipinski definition) is 8. The fourth-order valence-electron chi connectivity index (χ4n) is 12.8. The third-order valence-corrected chi connectivity index (χ3v) is 18.7. The summed E-state index contributed by atoms with van der Waals surface area (Å²) in [4.78, 5) is 30.3. The predicted molar refractivity (Wildman–Crippen MR) is 418 cm³/mol. The van der Waals surface area contributed by atoms with Gasteiger partial charge >= 0.3 is 34.3 Å². The van der Waals surface area contributed by atoms with Gasteiger partial charge in [0.05, 0.1) is 16.8 Å². The van der Waals surface area contributed by atoms with Crippen molar-refractivity contribution in [3.05, 3.63) is 332 Å². The summed E-state index contributed by atoms with van der Waals surface area (Å²) in [6.45, 7) is 14.0. The molecular formula is C88H74BBiFIrN5O2STh-. The summed E-state index contributed by atoms with van der Waals surface area (Å²) in [5, 5.41) is 13.3. The van der Waals surface area contributed by atoms with Crippen molar-refractivity contribution in [2.24, 2.45) is 0 Å². The van der Waals surface area contributed by atoms with Gasteiger partial charge < -0.3 is 14.3 Å². The first-order chi connectivity index (χ1) is 47.7. The number of hydrogen-bond donors (Lipinski definition) is 1. The standard InChI is InChI=1S/C45H33NS.C24H16N2.C14H15N2.C5H8O2.BF.Bi.Ir.Th.2H/c1-45(2)41-17-8-6-13-37(41)38-28-27-35(29-42(38)45)46(33-23-19-31(20-24-33)30-11-4-3-5-12-30)34-25-21-32(22-26-34)36-15-10-16-40-39-14-7-9-18-43(39)47-44(36)40;1-3-7-17(8-4-1)19-13-15-25-23-21(19)11-12-22-20(14-16-26-24(22)23)18-9-5-2-6-10-18;1-14(2,3)13-9-12(15-10-16-13)11-7-5-4-6-8-11;1-4(6)3-5(2)7;1-2;;;;;/h3-29H,1-2H3;1-16H;4-7,9-10H,1-3H3;3,6H,1-2H3;;;;;;/q;;-1;;;;;;;. The monoisotopic (exact) mass is 1930 g/mol. The number of fused-ring (bicyclic) bond motifs is 9. The summed E-state index contributed by atoms with van der Waals surface area (Å²) in [6.07, 6.45) is 6.54. The van der Waals surface area contributed by atoms with Crippen molar-refractivity contribution in [3.63, 3.8) is 0 Å². The molecule has 0 atom stereocenters. The molecule has 16 rings (SSSR count). The zero-order valence-corrected chi connectivity index (χ0v) is 69.0. The van der Waals surface area contributed by atoms with Gasteiger partial charge in [-0.2, -0.15) is 0 Å². The molecule has 4 radical (unpaired) electrons. The molecule has 498 valence electrons. The van der Waals surface area contributed by atoms with Crippen LogP contribution in [0, 0.1) is 46.0 Å². The van der Waals surface area contributed by atoms with E-state index in [1.165, 1.54) is 107 Å². The van der Waals surface area contributed by atoms with E-state index in [2.05, 4.69) is 310 Å². The Kier molecular flexibility index (Phi) is 26.4. The fraction of sp³-hybridized carbons (Fsp3) is 0.102. The van der Waals surface area contributed by atoms with E-state index in [9.17, 15) is 4.79 Å². The second-order valence-electron chi connectivity index (χ2n) is 25.5. The Hall–Kier alpha value is -8.60. The zero-order chi connectivity index (χ0) is 68.3. The van der Waals surface area contributed by atoms with Crippen molar-refractivity contribution >= 4 is 110 Å². The van der Waals surface area contributed by atoms with E-state index in [4.69, 9.17) is 9.42 Å². The molecule has 1 aliphatic carbocycles. The molecule has 0 aliphatic heterocycles. The summed E-state index contributed by atoms with van der Waals surface area (Å²) < 4.78 is 11.7. The molecule has 1 aliphatic rings. The van der Waals surface area contributed by atoms with Gasteiger partial charge in [-0.3, -0.25) is 19.7 Å². The van der Waals surface area contributed by atoms with Crippen LogP contribution in [0.15, 0.2) is 310 Å². The largest absolute Gasteiger partial charge is 0.254 e. The number of aliphatic hydroxyl groups is 1. The number of carbonyl (C=O) groups excluding carboxylic acids is 1. The maximum Gasteiger partial charge on any atom is 0.0970 e. The molecule has 11 aromatic carbocycles. The van der Waals surface area contributed by atoms with E-state index in [0.717, 1.165) is 55.8 Å². The van der Waals surface area contributed by atoms with Gasteiger partial charge in [0.1, 0.15) is 6.33 Å². The molecule has 13 heteroatoms. The smallest absolute Gasteiger partial charge is 0.0970 e. The average Bonchev–Trinajstić information content (AvgIpc) is 1.64. The maximum atomic E-state index is 10.0. The molecule has 7 nitrogen and oxygen atoms in total. The Bertz CT molecular complexity index is 5210. The average molecular weight is 1930 g/mol. The first kappa shape index (κ1) is 76.6. The molecular weight excluding hydrogens is 1850 g/mol. The SMILES string of the molecule is CC(=O)C=C(C)O.CC(C)(C)c1cc(-c2[c-]cccc2)ncn1.CC1(C)c2ccccc2-c2ccc(N(c3ccc(-c4ccccc4)cc3)c3ccc(-c4cccc5c4sc4ccccc45)cc3)cc21.[B]F.[BiH2].[Ir].[Th].c1ccc(-c2ccnc3c2ccc2c(-c4ccccc4)ccnc23)cc1. The Balaban J connectivity index is 0.000000184. The Morgan fingerprint density at radius 3 is 1.53 bits per heavy atom. The van der Waals surface area contributed by atoms with Crippen LogP contribution in [0.25, 0.3) is 109 Å². The number of aromatic nitrogens is 4. The van der Waals surface area contributed by atoms with E-state index >= 15 is 0 Å². The molecule has 0 bridgehead atoms. The van der Waals surface area contributed by atoms with Gasteiger partial charge in [0, 0.05) is 143 Å². The van der Waals surface area contributed by atoms with Crippen LogP contribution in [0.4, 0.5) is 21.4 Å². The molecule has 0 saturated carbocycles. The molecule has 4 heterocycles. The fourth-order valence-corrected chi connectivity index (χ4v) is 14.0. The minimum absolute atomic E-state index is 0. The van der Waals surface area contributed by atoms with Gasteiger partial charge in [-0.25, -0.2) is 4.98 Å². The first-order valence-electron chi connectivity index (χ1n) is 32.6. The van der Waals surface area contributed by atoms with Crippen molar-refractivity contribution in [1.29, 1.82) is 0 Å². The van der Waals surface area contributed by atoms with Crippen molar-refractivity contribution < 1.29 is 74.3 Å². The van der Waals surface area contributed by atoms with Crippen LogP contribution in [0.2, 0.25) is 0 Å². The number of pyridine rings is 2. The van der Waals surface area contributed by atoms with Gasteiger partial charge in [0.25, 0.3) is 0 Å². The van der Waals surface area contributed by atoms with Crippen LogP contribution in [0.1, 0.15) is 65.3 Å². The summed E-state index contributed by atoms with van der Waals surface area (Å²) in [7, 11) is 3.00. The Morgan fingerprint density at radius 1 is 0.495 bits per heavy atom. The number of rotatable bonds is 9. The zero-order valence-electron chi connectivity index (χ0n) is 57.2. The number of carbonyl (C=O) groups is 1. The van der Waals surface area contributed by atoms with Crippen molar-refractivity contribution in [2.45, 2.75) is 59.3 Å². The summed E-state index contributed by atoms with van der Waals surface area (Å²) in [6, 6.07) is 102. The van der Waals surface area contributed by atoms with Gasteiger partial charge in [0.15, 0.2) is 5.78 Å². The number of thiophene rings is 1. The maximum absolute atomic E-state index is 10.0. The molecule has 101 heavy (non-hydrogen) atoms. The second kappa shape index (κ2) is 34.9. The minimum atomic E-state index is -0.125. The normalized spacial score (nSPS) is 11.6. The number of allylic oxidation sites excluding steroid dienone is 2. The van der Waals surface area contributed by atoms with E-state index in [-0.39, 0.29) is 109 Å². The number of anilines is 3. The van der Waals surface area contributed by atoms with E-state index in [0.29, 0.717) is 0 Å². The quantitative estimate of drug-likeness (QED) is 0.0506. The molecule has 4 aromatic heterocycles. The third-order valence-electron chi connectivity index (χ3n) is 17.5. The van der Waals surface area contributed by atoms with Crippen LogP contribution >= 0.6 is 11.3 Å².